The van der Waals surface area contributed by atoms with Gasteiger partial charge in [-0.3, -0.25) is 9.08 Å². The van der Waals surface area contributed by atoms with Crippen molar-refractivity contribution in [2.24, 2.45) is 7.05 Å². The third-order valence-electron chi connectivity index (χ3n) is 4.88. The third-order valence-corrected chi connectivity index (χ3v) is 6.04. The maximum atomic E-state index is 13.0. The van der Waals surface area contributed by atoms with Gasteiger partial charge in [-0.1, -0.05) is 12.1 Å². The number of aromatic nitrogens is 4. The minimum atomic E-state index is -4.36. The van der Waals surface area contributed by atoms with Crippen LogP contribution in [0.15, 0.2) is 73.3 Å². The first-order valence-electron chi connectivity index (χ1n) is 9.12. The highest BCUT2D eigenvalue weighted by Gasteiger charge is 2.30. The quantitative estimate of drug-likeness (QED) is 0.348. The van der Waals surface area contributed by atoms with Crippen LogP contribution in [0.4, 0.5) is 13.2 Å². The van der Waals surface area contributed by atoms with E-state index in [1.54, 1.807) is 23.1 Å². The molecule has 4 nitrogen and oxygen atoms in total. The third kappa shape index (κ3) is 3.29. The Morgan fingerprint density at radius 1 is 0.900 bits per heavy atom. The van der Waals surface area contributed by atoms with Gasteiger partial charge in [0.2, 0.25) is 0 Å². The molecule has 0 fully saturated rings. The molecule has 5 rings (SSSR count). The van der Waals surface area contributed by atoms with Gasteiger partial charge < -0.3 is 0 Å². The Labute approximate surface area is 173 Å². The number of fused-ring (bicyclic) bond motifs is 1. The lowest BCUT2D eigenvalue weighted by atomic mass is 10.1. The van der Waals surface area contributed by atoms with Crippen molar-refractivity contribution in [2.45, 2.75) is 6.18 Å². The normalized spacial score (nSPS) is 12.0. The van der Waals surface area contributed by atoms with E-state index in [1.165, 1.54) is 23.5 Å². The van der Waals surface area contributed by atoms with Crippen LogP contribution in [0, 0.1) is 0 Å². The van der Waals surface area contributed by atoms with E-state index in [0.717, 1.165) is 38.3 Å². The first-order valence-corrected chi connectivity index (χ1v) is 9.94. The van der Waals surface area contributed by atoms with Crippen molar-refractivity contribution < 1.29 is 13.2 Å². The van der Waals surface area contributed by atoms with Crippen LogP contribution in [0.1, 0.15) is 5.56 Å². The average Bonchev–Trinajstić information content (AvgIpc) is 3.46. The maximum absolute atomic E-state index is 13.0. The Hall–Kier alpha value is -3.39. The second kappa shape index (κ2) is 6.84. The van der Waals surface area contributed by atoms with Crippen LogP contribution < -0.4 is 0 Å². The molecule has 4 heterocycles. The zero-order valence-corrected chi connectivity index (χ0v) is 16.6. The van der Waals surface area contributed by atoms with Crippen molar-refractivity contribution in [3.63, 3.8) is 0 Å². The van der Waals surface area contributed by atoms with Gasteiger partial charge in [-0.15, -0.1) is 11.3 Å². The molecule has 0 unspecified atom stereocenters. The largest absolute Gasteiger partial charge is 0.416 e. The van der Waals surface area contributed by atoms with Gasteiger partial charge in [0, 0.05) is 29.9 Å². The highest BCUT2D eigenvalue weighted by molar-refractivity contribution is 7.18. The number of rotatable bonds is 3. The Kier molecular flexibility index (Phi) is 4.25. The fourth-order valence-corrected chi connectivity index (χ4v) is 4.40. The summed E-state index contributed by atoms with van der Waals surface area (Å²) in [6.07, 6.45) is 3.12. The standard InChI is InChI=1S/C22H15F3N4S/c1-28-13-16(11-27-28)14-7-8-29-18(12-26-21(29)10-14)20-6-5-19(30-20)15-3-2-4-17(9-15)22(23,24)25/h2-13H,1H3. The first kappa shape index (κ1) is 18.6. The van der Waals surface area contributed by atoms with Crippen LogP contribution in [0.5, 0.6) is 0 Å². The van der Waals surface area contributed by atoms with Crippen LogP contribution in [0.25, 0.3) is 37.8 Å². The van der Waals surface area contributed by atoms with Crippen molar-refractivity contribution in [1.29, 1.82) is 0 Å². The number of thiophene rings is 1. The Morgan fingerprint density at radius 2 is 1.73 bits per heavy atom. The molecule has 8 heteroatoms. The number of hydrogen-bond donors (Lipinski definition) is 0. The second-order valence-corrected chi connectivity index (χ2v) is 8.02. The topological polar surface area (TPSA) is 35.1 Å². The number of imidazole rings is 1. The van der Waals surface area contributed by atoms with E-state index in [1.807, 2.05) is 48.1 Å². The lowest BCUT2D eigenvalue weighted by molar-refractivity contribution is -0.137. The molecule has 0 aliphatic carbocycles. The molecule has 0 saturated carbocycles. The first-order chi connectivity index (χ1) is 14.4. The van der Waals surface area contributed by atoms with Gasteiger partial charge in [-0.05, 0) is 47.5 Å². The van der Waals surface area contributed by atoms with Gasteiger partial charge in [0.05, 0.1) is 28.5 Å². The fraction of sp³-hybridized carbons (Fsp3) is 0.0909. The molecule has 1 aromatic carbocycles. The van der Waals surface area contributed by atoms with Crippen molar-refractivity contribution in [1.82, 2.24) is 19.2 Å². The number of halogens is 3. The monoisotopic (exact) mass is 424 g/mol. The second-order valence-electron chi connectivity index (χ2n) is 6.93. The zero-order valence-electron chi connectivity index (χ0n) is 15.8. The van der Waals surface area contributed by atoms with Crippen LogP contribution in [0.2, 0.25) is 0 Å². The summed E-state index contributed by atoms with van der Waals surface area (Å²) in [5, 5.41) is 4.20. The van der Waals surface area contributed by atoms with E-state index >= 15 is 0 Å². The summed E-state index contributed by atoms with van der Waals surface area (Å²) in [6.45, 7) is 0. The van der Waals surface area contributed by atoms with Crippen LogP contribution in [-0.4, -0.2) is 19.2 Å². The van der Waals surface area contributed by atoms with Gasteiger partial charge in [-0.2, -0.15) is 18.3 Å². The Morgan fingerprint density at radius 3 is 2.50 bits per heavy atom. The SMILES string of the molecule is Cn1cc(-c2ccn3c(-c4ccc(-c5cccc(C(F)(F)F)c5)s4)cnc3c2)cn1. The van der Waals surface area contributed by atoms with E-state index < -0.39 is 11.7 Å². The van der Waals surface area contributed by atoms with Gasteiger partial charge in [0.15, 0.2) is 0 Å². The van der Waals surface area contributed by atoms with Gasteiger partial charge in [-0.25, -0.2) is 4.98 Å². The van der Waals surface area contributed by atoms with Crippen molar-refractivity contribution in [3.05, 3.63) is 78.9 Å². The zero-order chi connectivity index (χ0) is 20.9. The molecular weight excluding hydrogens is 409 g/mol. The number of benzene rings is 1. The smallest absolute Gasteiger partial charge is 0.299 e. The summed E-state index contributed by atoms with van der Waals surface area (Å²) in [6, 6.07) is 13.1. The number of alkyl halides is 3. The van der Waals surface area contributed by atoms with E-state index in [9.17, 15) is 13.2 Å². The molecule has 0 amide bonds. The summed E-state index contributed by atoms with van der Waals surface area (Å²) in [7, 11) is 1.87. The molecule has 30 heavy (non-hydrogen) atoms. The molecule has 0 aliphatic heterocycles. The molecule has 0 atom stereocenters. The number of pyridine rings is 1. The van der Waals surface area contributed by atoms with Gasteiger partial charge in [0.25, 0.3) is 0 Å². The number of hydrogen-bond acceptors (Lipinski definition) is 3. The molecule has 0 N–H and O–H groups in total. The minimum absolute atomic E-state index is 0.550. The van der Waals surface area contributed by atoms with Crippen LogP contribution >= 0.6 is 11.3 Å². The van der Waals surface area contributed by atoms with Crippen molar-refractivity contribution in [2.75, 3.05) is 0 Å². The summed E-state index contributed by atoms with van der Waals surface area (Å²) in [5.41, 5.74) is 3.61. The van der Waals surface area contributed by atoms with Crippen LogP contribution in [-0.2, 0) is 13.2 Å². The van der Waals surface area contributed by atoms with E-state index in [0.29, 0.717) is 5.56 Å². The maximum Gasteiger partial charge on any atom is 0.416 e. The summed E-state index contributed by atoms with van der Waals surface area (Å²) in [4.78, 5) is 6.22. The minimum Gasteiger partial charge on any atom is -0.299 e. The van der Waals surface area contributed by atoms with Gasteiger partial charge in [0.1, 0.15) is 5.65 Å². The Bertz CT molecular complexity index is 1360. The fourth-order valence-electron chi connectivity index (χ4n) is 3.39. The molecule has 0 aliphatic rings. The molecule has 0 radical (unpaired) electrons. The number of aryl methyl sites for hydroxylation is 1. The van der Waals surface area contributed by atoms with E-state index in [-0.39, 0.29) is 0 Å². The molecule has 150 valence electrons. The molecule has 0 spiro atoms. The predicted molar refractivity (Wildman–Crippen MR) is 111 cm³/mol. The molecular formula is C22H15F3N4S. The molecule has 4 aromatic heterocycles. The van der Waals surface area contributed by atoms with Gasteiger partial charge >= 0.3 is 6.18 Å². The van der Waals surface area contributed by atoms with Crippen LogP contribution in [0.3, 0.4) is 0 Å². The summed E-state index contributed by atoms with van der Waals surface area (Å²) >= 11 is 1.44. The molecule has 0 bridgehead atoms. The summed E-state index contributed by atoms with van der Waals surface area (Å²) in [5.74, 6) is 0. The molecule has 0 saturated heterocycles. The van der Waals surface area contributed by atoms with Crippen molar-refractivity contribution in [3.8, 4) is 32.1 Å². The highest BCUT2D eigenvalue weighted by atomic mass is 32.1. The molecule has 5 aromatic rings. The van der Waals surface area contributed by atoms with Crippen molar-refractivity contribution >= 4 is 17.0 Å². The lowest BCUT2D eigenvalue weighted by Gasteiger charge is -2.07. The average molecular weight is 424 g/mol. The number of nitrogens with zero attached hydrogens (tertiary/aromatic N) is 4. The van der Waals surface area contributed by atoms with E-state index in [4.69, 9.17) is 0 Å². The Balaban J connectivity index is 1.51. The van der Waals surface area contributed by atoms with E-state index in [2.05, 4.69) is 10.1 Å². The predicted octanol–water partition coefficient (Wildman–Crippen LogP) is 6.15. The highest BCUT2D eigenvalue weighted by Crippen LogP contribution is 2.37. The summed E-state index contributed by atoms with van der Waals surface area (Å²) < 4.78 is 42.8. The lowest BCUT2D eigenvalue weighted by Crippen LogP contribution is -2.04.